The Morgan fingerprint density at radius 3 is 2.24 bits per heavy atom. The van der Waals surface area contributed by atoms with Crippen molar-refractivity contribution in [3.63, 3.8) is 0 Å². The van der Waals surface area contributed by atoms with Gasteiger partial charge in [0.25, 0.3) is 0 Å². The summed E-state index contributed by atoms with van der Waals surface area (Å²) in [6, 6.07) is 0. The van der Waals surface area contributed by atoms with Crippen LogP contribution in [0.5, 0.6) is 0 Å². The number of nitrogens with one attached hydrogen (secondary N) is 1. The lowest BCUT2D eigenvalue weighted by molar-refractivity contribution is -0.137. The normalized spacial score (nSPS) is 9.94. The van der Waals surface area contributed by atoms with Gasteiger partial charge < -0.3 is 10.4 Å². The molecule has 0 aliphatic carbocycles. The van der Waals surface area contributed by atoms with Gasteiger partial charge in [0.2, 0.25) is 5.91 Å². The lowest BCUT2D eigenvalue weighted by atomic mass is 10.0. The van der Waals surface area contributed by atoms with Gasteiger partial charge in [0.05, 0.1) is 0 Å². The van der Waals surface area contributed by atoms with Crippen molar-refractivity contribution in [3.8, 4) is 0 Å². The number of carboxylic acid groups (broad SMARTS) is 1. The van der Waals surface area contributed by atoms with E-state index in [1.165, 1.54) is 0 Å². The van der Waals surface area contributed by atoms with E-state index in [4.69, 9.17) is 5.11 Å². The number of aliphatic carboxylic acids is 1. The van der Waals surface area contributed by atoms with Crippen molar-refractivity contribution >= 4 is 11.9 Å². The zero-order valence-corrected chi connectivity index (χ0v) is 10.2. The zero-order valence-electron chi connectivity index (χ0n) is 10.2. The Morgan fingerprint density at radius 1 is 1.18 bits per heavy atom. The minimum absolute atomic E-state index is 0.0138. The fourth-order valence-electron chi connectivity index (χ4n) is 1.47. The highest BCUT2D eigenvalue weighted by Crippen LogP contribution is 2.09. The average molecular weight is 239 g/mol. The fourth-order valence-corrected chi connectivity index (χ4v) is 1.47. The predicted molar refractivity (Wildman–Crippen MR) is 67.6 cm³/mol. The first-order valence-corrected chi connectivity index (χ1v) is 5.83. The van der Waals surface area contributed by atoms with Gasteiger partial charge in [-0.15, -0.1) is 13.2 Å². The fraction of sp³-hybridized carbons (Fsp3) is 0.538. The van der Waals surface area contributed by atoms with Gasteiger partial charge in [-0.3, -0.25) is 9.59 Å². The smallest absolute Gasteiger partial charge is 0.303 e. The van der Waals surface area contributed by atoms with Crippen LogP contribution in [-0.2, 0) is 9.59 Å². The van der Waals surface area contributed by atoms with Gasteiger partial charge in [-0.05, 0) is 25.7 Å². The summed E-state index contributed by atoms with van der Waals surface area (Å²) in [5, 5.41) is 11.2. The second-order valence-electron chi connectivity index (χ2n) is 3.89. The SMILES string of the molecule is C=CCC(CC=C)C(=O)NCCCCC(=O)O. The predicted octanol–water partition coefficient (Wildman–Crippen LogP) is 2.13. The third kappa shape index (κ3) is 8.25. The van der Waals surface area contributed by atoms with E-state index in [0.29, 0.717) is 32.2 Å². The Morgan fingerprint density at radius 2 is 1.76 bits per heavy atom. The molecule has 2 N–H and O–H groups in total. The Balaban J connectivity index is 3.77. The van der Waals surface area contributed by atoms with Gasteiger partial charge in [0, 0.05) is 18.9 Å². The van der Waals surface area contributed by atoms with Crippen LogP contribution in [-0.4, -0.2) is 23.5 Å². The van der Waals surface area contributed by atoms with Crippen LogP contribution in [0.15, 0.2) is 25.3 Å². The maximum atomic E-state index is 11.7. The number of amides is 1. The van der Waals surface area contributed by atoms with Crippen molar-refractivity contribution in [3.05, 3.63) is 25.3 Å². The summed E-state index contributed by atoms with van der Waals surface area (Å²) in [4.78, 5) is 22.0. The highest BCUT2D eigenvalue weighted by molar-refractivity contribution is 5.78. The minimum Gasteiger partial charge on any atom is -0.481 e. The van der Waals surface area contributed by atoms with E-state index in [1.807, 2.05) is 0 Å². The quantitative estimate of drug-likeness (QED) is 0.453. The second kappa shape index (κ2) is 9.63. The van der Waals surface area contributed by atoms with E-state index >= 15 is 0 Å². The largest absolute Gasteiger partial charge is 0.481 e. The maximum absolute atomic E-state index is 11.7. The van der Waals surface area contributed by atoms with E-state index < -0.39 is 5.97 Å². The molecule has 0 saturated carbocycles. The summed E-state index contributed by atoms with van der Waals surface area (Å²) in [5.41, 5.74) is 0. The first kappa shape index (κ1) is 15.4. The molecule has 0 atom stereocenters. The van der Waals surface area contributed by atoms with Gasteiger partial charge in [-0.2, -0.15) is 0 Å². The molecule has 0 radical (unpaired) electrons. The summed E-state index contributed by atoms with van der Waals surface area (Å²) < 4.78 is 0. The number of carbonyl (C=O) groups excluding carboxylic acids is 1. The molecule has 0 aromatic heterocycles. The van der Waals surface area contributed by atoms with Gasteiger partial charge >= 0.3 is 5.97 Å². The van der Waals surface area contributed by atoms with Crippen LogP contribution in [0.2, 0.25) is 0 Å². The van der Waals surface area contributed by atoms with E-state index in [0.717, 1.165) is 0 Å². The molecule has 17 heavy (non-hydrogen) atoms. The lowest BCUT2D eigenvalue weighted by Crippen LogP contribution is -2.31. The van der Waals surface area contributed by atoms with Crippen LogP contribution in [0.3, 0.4) is 0 Å². The van der Waals surface area contributed by atoms with Gasteiger partial charge in [-0.25, -0.2) is 0 Å². The first-order chi connectivity index (χ1) is 8.11. The molecule has 1 amide bonds. The summed E-state index contributed by atoms with van der Waals surface area (Å²) in [5.74, 6) is -0.919. The minimum atomic E-state index is -0.799. The molecule has 0 heterocycles. The Bertz CT molecular complexity index is 264. The lowest BCUT2D eigenvalue weighted by Gasteiger charge is -2.12. The Labute approximate surface area is 102 Å². The molecular formula is C13H21NO3. The van der Waals surface area contributed by atoms with Crippen molar-refractivity contribution < 1.29 is 14.7 Å². The summed E-state index contributed by atoms with van der Waals surface area (Å²) in [7, 11) is 0. The number of unbranched alkanes of at least 4 members (excludes halogenated alkanes) is 1. The third-order valence-electron chi connectivity index (χ3n) is 2.39. The first-order valence-electron chi connectivity index (χ1n) is 5.83. The molecule has 0 spiro atoms. The molecule has 0 aliphatic heterocycles. The standard InChI is InChI=1S/C13H21NO3/c1-3-7-11(8-4-2)13(17)14-10-6-5-9-12(15)16/h3-4,11H,1-2,5-10H2,(H,14,17)(H,15,16). The number of carbonyl (C=O) groups is 2. The molecule has 0 aromatic carbocycles. The van der Waals surface area contributed by atoms with E-state index in [-0.39, 0.29) is 18.2 Å². The van der Waals surface area contributed by atoms with Crippen LogP contribution in [0.25, 0.3) is 0 Å². The number of allylic oxidation sites excluding steroid dienone is 2. The monoisotopic (exact) mass is 239 g/mol. The summed E-state index contributed by atoms with van der Waals surface area (Å²) in [6.07, 6.45) is 6.13. The number of rotatable bonds is 10. The highest BCUT2D eigenvalue weighted by atomic mass is 16.4. The van der Waals surface area contributed by atoms with Gasteiger partial charge in [-0.1, -0.05) is 12.2 Å². The Hall–Kier alpha value is -1.58. The van der Waals surface area contributed by atoms with Crippen molar-refractivity contribution in [1.82, 2.24) is 5.32 Å². The maximum Gasteiger partial charge on any atom is 0.303 e. The van der Waals surface area contributed by atoms with Crippen LogP contribution >= 0.6 is 0 Å². The Kier molecular flexibility index (Phi) is 8.74. The number of carboxylic acids is 1. The molecule has 4 heteroatoms. The highest BCUT2D eigenvalue weighted by Gasteiger charge is 2.14. The molecule has 0 saturated heterocycles. The van der Waals surface area contributed by atoms with Crippen LogP contribution < -0.4 is 5.32 Å². The summed E-state index contributed by atoms with van der Waals surface area (Å²) in [6.45, 7) is 7.75. The van der Waals surface area contributed by atoms with E-state index in [2.05, 4.69) is 18.5 Å². The second-order valence-corrected chi connectivity index (χ2v) is 3.89. The van der Waals surface area contributed by atoms with Crippen molar-refractivity contribution in [2.75, 3.05) is 6.54 Å². The summed E-state index contributed by atoms with van der Waals surface area (Å²) >= 11 is 0. The molecule has 96 valence electrons. The molecule has 4 nitrogen and oxygen atoms in total. The van der Waals surface area contributed by atoms with Crippen LogP contribution in [0, 0.1) is 5.92 Å². The molecule has 0 rings (SSSR count). The molecule has 0 bridgehead atoms. The van der Waals surface area contributed by atoms with E-state index in [9.17, 15) is 9.59 Å². The zero-order chi connectivity index (χ0) is 13.1. The van der Waals surface area contributed by atoms with Crippen molar-refractivity contribution in [1.29, 1.82) is 0 Å². The number of hydrogen-bond acceptors (Lipinski definition) is 2. The van der Waals surface area contributed by atoms with Crippen molar-refractivity contribution in [2.45, 2.75) is 32.1 Å². The number of hydrogen-bond donors (Lipinski definition) is 2. The molecule has 0 aromatic rings. The molecular weight excluding hydrogens is 218 g/mol. The third-order valence-corrected chi connectivity index (χ3v) is 2.39. The van der Waals surface area contributed by atoms with Crippen LogP contribution in [0.1, 0.15) is 32.1 Å². The van der Waals surface area contributed by atoms with Crippen molar-refractivity contribution in [2.24, 2.45) is 5.92 Å². The van der Waals surface area contributed by atoms with Gasteiger partial charge in [0.1, 0.15) is 0 Å². The van der Waals surface area contributed by atoms with Crippen LogP contribution in [0.4, 0.5) is 0 Å². The molecule has 0 fully saturated rings. The molecule has 0 unspecified atom stereocenters. The topological polar surface area (TPSA) is 66.4 Å². The van der Waals surface area contributed by atoms with E-state index in [1.54, 1.807) is 12.2 Å². The molecule has 0 aliphatic rings. The van der Waals surface area contributed by atoms with Gasteiger partial charge in [0.15, 0.2) is 0 Å². The average Bonchev–Trinajstić information content (AvgIpc) is 2.27.